The molecule has 0 atom stereocenters. The van der Waals surface area contributed by atoms with E-state index in [0.29, 0.717) is 11.4 Å². The molecule has 0 aliphatic carbocycles. The molecular weight excluding hydrogens is 276 g/mol. The van der Waals surface area contributed by atoms with E-state index in [-0.39, 0.29) is 11.5 Å². The average molecular weight is 296 g/mol. The quantitative estimate of drug-likeness (QED) is 0.784. The Morgan fingerprint density at radius 1 is 0.682 bits per heavy atom. The highest BCUT2D eigenvalue weighted by Gasteiger charge is 2.07. The minimum atomic E-state index is 0.128. The number of benzene rings is 2. The summed E-state index contributed by atoms with van der Waals surface area (Å²) in [7, 11) is 0. The number of hydrogen-bond donors (Lipinski definition) is 2. The van der Waals surface area contributed by atoms with Gasteiger partial charge in [0.2, 0.25) is 0 Å². The molecule has 0 unspecified atom stereocenters. The number of rotatable bonds is 3. The number of phenolic OH excluding ortho intramolecular Hbond substituents is 2. The van der Waals surface area contributed by atoms with Crippen molar-refractivity contribution in [3.63, 3.8) is 0 Å². The van der Waals surface area contributed by atoms with Crippen molar-refractivity contribution in [1.82, 2.24) is 0 Å². The minimum absolute atomic E-state index is 0.128. The third-order valence-corrected chi connectivity index (χ3v) is 2.97. The maximum absolute atomic E-state index is 10.1. The number of hydrogen-bond acceptors (Lipinski definition) is 4. The van der Waals surface area contributed by atoms with E-state index in [9.17, 15) is 10.2 Å². The van der Waals surface area contributed by atoms with E-state index in [1.807, 2.05) is 33.8 Å². The van der Waals surface area contributed by atoms with Crippen LogP contribution in [0.3, 0.4) is 0 Å². The summed E-state index contributed by atoms with van der Waals surface area (Å²) in [5.74, 6) is 0.264. The lowest BCUT2D eigenvalue weighted by atomic mass is 10.0. The second kappa shape index (κ2) is 6.43. The van der Waals surface area contributed by atoms with Crippen molar-refractivity contribution >= 4 is 22.8 Å². The van der Waals surface area contributed by atoms with Gasteiger partial charge in [0.25, 0.3) is 0 Å². The molecule has 0 aromatic heterocycles. The van der Waals surface area contributed by atoms with E-state index >= 15 is 0 Å². The van der Waals surface area contributed by atoms with Crippen molar-refractivity contribution in [2.45, 2.75) is 27.7 Å². The first-order valence-corrected chi connectivity index (χ1v) is 7.07. The number of aliphatic imine (C=N–C) groups is 2. The minimum Gasteiger partial charge on any atom is -0.506 e. The Hall–Kier alpha value is -2.62. The number of nitrogens with zero attached hydrogens (tertiary/aromatic N) is 2. The summed E-state index contributed by atoms with van der Waals surface area (Å²) >= 11 is 0. The molecule has 0 fully saturated rings. The van der Waals surface area contributed by atoms with Gasteiger partial charge in [-0.2, -0.15) is 0 Å². The topological polar surface area (TPSA) is 65.2 Å². The van der Waals surface area contributed by atoms with Gasteiger partial charge in [-0.25, -0.2) is 0 Å². The molecule has 0 radical (unpaired) electrons. The Morgan fingerprint density at radius 2 is 1.23 bits per heavy atom. The first kappa shape index (κ1) is 15.8. The van der Waals surface area contributed by atoms with Crippen LogP contribution in [0, 0.1) is 0 Å². The van der Waals surface area contributed by atoms with Crippen LogP contribution in [-0.4, -0.2) is 21.6 Å². The van der Waals surface area contributed by atoms with Crippen LogP contribution >= 0.6 is 0 Å². The third-order valence-electron chi connectivity index (χ3n) is 2.97. The molecular formula is C18H20N2O2. The van der Waals surface area contributed by atoms with E-state index in [2.05, 4.69) is 9.98 Å². The van der Waals surface area contributed by atoms with Crippen molar-refractivity contribution in [3.05, 3.63) is 36.4 Å². The first-order valence-electron chi connectivity index (χ1n) is 7.07. The van der Waals surface area contributed by atoms with Crippen LogP contribution in [0.15, 0.2) is 46.4 Å². The summed E-state index contributed by atoms with van der Waals surface area (Å²) < 4.78 is 0. The van der Waals surface area contributed by atoms with Gasteiger partial charge in [-0.3, -0.25) is 9.98 Å². The number of aromatic hydroxyl groups is 2. The zero-order valence-electron chi connectivity index (χ0n) is 13.3. The van der Waals surface area contributed by atoms with Crippen LogP contribution in [0.25, 0.3) is 11.1 Å². The molecule has 22 heavy (non-hydrogen) atoms. The van der Waals surface area contributed by atoms with Crippen molar-refractivity contribution in [3.8, 4) is 22.6 Å². The summed E-state index contributed by atoms with van der Waals surface area (Å²) in [6, 6.07) is 10.5. The Kier molecular flexibility index (Phi) is 4.61. The summed E-state index contributed by atoms with van der Waals surface area (Å²) in [5, 5.41) is 19.9. The Balaban J connectivity index is 2.47. The lowest BCUT2D eigenvalue weighted by Gasteiger charge is -2.07. The van der Waals surface area contributed by atoms with Crippen LogP contribution < -0.4 is 0 Å². The van der Waals surface area contributed by atoms with Gasteiger partial charge in [0, 0.05) is 11.4 Å². The fourth-order valence-electron chi connectivity index (χ4n) is 2.07. The predicted octanol–water partition coefficient (Wildman–Crippen LogP) is 4.99. The smallest absolute Gasteiger partial charge is 0.141 e. The molecule has 2 N–H and O–H groups in total. The molecule has 0 bridgehead atoms. The standard InChI is InChI=1S/C18H20N2O2/c1-11(2)19-15-7-5-14(10-18(15)22)13-6-8-17(21)16(9-13)20-12(3)4/h5-10,21-22H,1-4H3. The van der Waals surface area contributed by atoms with Gasteiger partial charge in [-0.05, 0) is 63.1 Å². The molecule has 114 valence electrons. The Labute approximate surface area is 130 Å². The van der Waals surface area contributed by atoms with E-state index in [1.165, 1.54) is 0 Å². The normalized spacial score (nSPS) is 10.2. The zero-order chi connectivity index (χ0) is 16.3. The summed E-state index contributed by atoms with van der Waals surface area (Å²) in [6.07, 6.45) is 0. The molecule has 0 aliphatic heterocycles. The molecule has 0 heterocycles. The molecule has 4 heteroatoms. The van der Waals surface area contributed by atoms with Crippen LogP contribution in [0.1, 0.15) is 27.7 Å². The lowest BCUT2D eigenvalue weighted by molar-refractivity contribution is 0.477. The second-order valence-electron chi connectivity index (χ2n) is 5.53. The van der Waals surface area contributed by atoms with Crippen LogP contribution in [-0.2, 0) is 0 Å². The molecule has 2 aromatic carbocycles. The highest BCUT2D eigenvalue weighted by molar-refractivity contribution is 5.85. The SMILES string of the molecule is CC(C)=Nc1ccc(-c2ccc(O)c(N=C(C)C)c2)cc1O. The molecule has 4 nitrogen and oxygen atoms in total. The van der Waals surface area contributed by atoms with Crippen LogP contribution in [0.5, 0.6) is 11.5 Å². The van der Waals surface area contributed by atoms with Crippen molar-refractivity contribution in [2.75, 3.05) is 0 Å². The van der Waals surface area contributed by atoms with Crippen molar-refractivity contribution < 1.29 is 10.2 Å². The van der Waals surface area contributed by atoms with Crippen molar-refractivity contribution in [2.24, 2.45) is 9.98 Å². The summed E-state index contributed by atoms with van der Waals surface area (Å²) in [6.45, 7) is 7.50. The Bertz CT molecular complexity index is 754. The van der Waals surface area contributed by atoms with Gasteiger partial charge in [0.15, 0.2) is 0 Å². The van der Waals surface area contributed by atoms with E-state index in [0.717, 1.165) is 22.6 Å². The third kappa shape index (κ3) is 3.73. The molecule has 0 saturated heterocycles. The number of phenols is 2. The van der Waals surface area contributed by atoms with Gasteiger partial charge < -0.3 is 10.2 Å². The largest absolute Gasteiger partial charge is 0.506 e. The highest BCUT2D eigenvalue weighted by Crippen LogP contribution is 2.36. The van der Waals surface area contributed by atoms with Gasteiger partial charge in [0.1, 0.15) is 22.9 Å². The van der Waals surface area contributed by atoms with E-state index in [4.69, 9.17) is 0 Å². The molecule has 2 rings (SSSR count). The second-order valence-corrected chi connectivity index (χ2v) is 5.53. The zero-order valence-corrected chi connectivity index (χ0v) is 13.3. The van der Waals surface area contributed by atoms with Gasteiger partial charge >= 0.3 is 0 Å². The maximum atomic E-state index is 10.1. The first-order chi connectivity index (χ1) is 10.4. The maximum Gasteiger partial charge on any atom is 0.141 e. The van der Waals surface area contributed by atoms with E-state index < -0.39 is 0 Å². The molecule has 0 saturated carbocycles. The van der Waals surface area contributed by atoms with Gasteiger partial charge in [-0.15, -0.1) is 0 Å². The average Bonchev–Trinajstić information content (AvgIpc) is 2.42. The fraction of sp³-hybridized carbons (Fsp3) is 0.222. The molecule has 0 aliphatic rings. The highest BCUT2D eigenvalue weighted by atomic mass is 16.3. The predicted molar refractivity (Wildman–Crippen MR) is 92.1 cm³/mol. The molecule has 2 aromatic rings. The lowest BCUT2D eigenvalue weighted by Crippen LogP contribution is -1.83. The fourth-order valence-corrected chi connectivity index (χ4v) is 2.07. The van der Waals surface area contributed by atoms with E-state index in [1.54, 1.807) is 30.3 Å². The summed E-state index contributed by atoms with van der Waals surface area (Å²) in [4.78, 5) is 8.58. The monoisotopic (exact) mass is 296 g/mol. The van der Waals surface area contributed by atoms with Crippen LogP contribution in [0.4, 0.5) is 11.4 Å². The Morgan fingerprint density at radius 3 is 1.82 bits per heavy atom. The van der Waals surface area contributed by atoms with Crippen molar-refractivity contribution in [1.29, 1.82) is 0 Å². The van der Waals surface area contributed by atoms with Gasteiger partial charge in [0.05, 0.1) is 0 Å². The summed E-state index contributed by atoms with van der Waals surface area (Å²) in [5.41, 5.74) is 4.52. The molecule has 0 spiro atoms. The van der Waals surface area contributed by atoms with Crippen LogP contribution in [0.2, 0.25) is 0 Å². The van der Waals surface area contributed by atoms with Gasteiger partial charge in [-0.1, -0.05) is 12.1 Å². The molecule has 0 amide bonds.